The standard InChI is InChI=1S/C18H35N2O2.BrH/c1-4-7-8-9-10-11-15-20(14-5-2)16-12-19(13-17-20)18(21)22-6-3;/h5H,2,4,6-17H2,1,3H3;1H/q+1;/p-1. The molecule has 23 heavy (non-hydrogen) atoms. The Morgan fingerprint density at radius 3 is 2.30 bits per heavy atom. The highest BCUT2D eigenvalue weighted by Gasteiger charge is 2.33. The molecule has 0 unspecified atom stereocenters. The number of amides is 1. The maximum absolute atomic E-state index is 11.8. The van der Waals surface area contributed by atoms with Crippen molar-refractivity contribution >= 4 is 6.09 Å². The number of carbonyl (C=O) groups is 1. The average molecular weight is 391 g/mol. The Kier molecular flexibility index (Phi) is 12.5. The Hall–Kier alpha value is -0.550. The first-order valence-electron chi connectivity index (χ1n) is 9.05. The van der Waals surface area contributed by atoms with Gasteiger partial charge in [-0.1, -0.05) is 39.2 Å². The van der Waals surface area contributed by atoms with Gasteiger partial charge in [0.1, 0.15) is 0 Å². The molecule has 136 valence electrons. The molecule has 0 bridgehead atoms. The van der Waals surface area contributed by atoms with Crippen molar-refractivity contribution in [1.82, 2.24) is 4.90 Å². The fourth-order valence-electron chi connectivity index (χ4n) is 3.29. The number of quaternary nitrogens is 1. The zero-order valence-electron chi connectivity index (χ0n) is 15.1. The van der Waals surface area contributed by atoms with Gasteiger partial charge < -0.3 is 26.2 Å². The van der Waals surface area contributed by atoms with Gasteiger partial charge in [0, 0.05) is 0 Å². The summed E-state index contributed by atoms with van der Waals surface area (Å²) in [6, 6.07) is 0. The van der Waals surface area contributed by atoms with Crippen LogP contribution in [0.5, 0.6) is 0 Å². The average Bonchev–Trinajstić information content (AvgIpc) is 2.52. The number of nitrogens with zero attached hydrogens (tertiary/aromatic N) is 2. The van der Waals surface area contributed by atoms with Crippen LogP contribution in [0, 0.1) is 0 Å². The van der Waals surface area contributed by atoms with E-state index in [9.17, 15) is 4.79 Å². The first kappa shape index (κ1) is 22.4. The van der Waals surface area contributed by atoms with Crippen molar-refractivity contribution in [3.05, 3.63) is 12.7 Å². The topological polar surface area (TPSA) is 29.5 Å². The van der Waals surface area contributed by atoms with E-state index in [1.54, 1.807) is 0 Å². The molecule has 1 heterocycles. The van der Waals surface area contributed by atoms with Crippen molar-refractivity contribution in [2.75, 3.05) is 45.9 Å². The predicted octanol–water partition coefficient (Wildman–Crippen LogP) is 0.826. The molecule has 0 atom stereocenters. The van der Waals surface area contributed by atoms with Gasteiger partial charge in [-0.15, -0.1) is 0 Å². The Bertz CT molecular complexity index is 329. The SMILES string of the molecule is C=CC[N+]1(CCCCCCCC)CCN(C(=O)OCC)CC1.[Br-]. The van der Waals surface area contributed by atoms with Crippen LogP contribution in [0.1, 0.15) is 52.4 Å². The van der Waals surface area contributed by atoms with Gasteiger partial charge in [0.15, 0.2) is 0 Å². The lowest BCUT2D eigenvalue weighted by Crippen LogP contribution is -3.00. The minimum Gasteiger partial charge on any atom is -1.00 e. The van der Waals surface area contributed by atoms with E-state index in [0.717, 1.165) is 37.2 Å². The molecule has 1 saturated heterocycles. The van der Waals surface area contributed by atoms with Gasteiger partial charge in [-0.3, -0.25) is 4.90 Å². The van der Waals surface area contributed by atoms with Crippen LogP contribution in [-0.4, -0.2) is 61.4 Å². The molecule has 0 aliphatic carbocycles. The normalized spacial score (nSPS) is 16.5. The Morgan fingerprint density at radius 2 is 1.74 bits per heavy atom. The summed E-state index contributed by atoms with van der Waals surface area (Å²) in [4.78, 5) is 13.7. The van der Waals surface area contributed by atoms with Gasteiger partial charge in [-0.2, -0.15) is 0 Å². The third-order valence-electron chi connectivity index (χ3n) is 4.72. The van der Waals surface area contributed by atoms with Crippen LogP contribution in [0.15, 0.2) is 12.7 Å². The fraction of sp³-hybridized carbons (Fsp3) is 0.833. The van der Waals surface area contributed by atoms with E-state index in [0.29, 0.717) is 6.61 Å². The van der Waals surface area contributed by atoms with Crippen LogP contribution in [0.25, 0.3) is 0 Å². The van der Waals surface area contributed by atoms with Gasteiger partial charge in [0.2, 0.25) is 0 Å². The van der Waals surface area contributed by atoms with Crippen LogP contribution in [-0.2, 0) is 4.74 Å². The molecule has 1 rings (SSSR count). The van der Waals surface area contributed by atoms with Crippen LogP contribution in [0.4, 0.5) is 4.79 Å². The molecule has 0 N–H and O–H groups in total. The zero-order chi connectivity index (χ0) is 16.3. The number of hydrogen-bond acceptors (Lipinski definition) is 2. The number of ether oxygens (including phenoxy) is 1. The molecule has 0 aromatic rings. The molecule has 0 saturated carbocycles. The summed E-state index contributed by atoms with van der Waals surface area (Å²) in [5.74, 6) is 0. The van der Waals surface area contributed by atoms with E-state index in [1.807, 2.05) is 17.9 Å². The maximum Gasteiger partial charge on any atom is 0.410 e. The van der Waals surface area contributed by atoms with Gasteiger partial charge in [-0.25, -0.2) is 4.79 Å². The second-order valence-electron chi connectivity index (χ2n) is 6.44. The van der Waals surface area contributed by atoms with Crippen molar-refractivity contribution in [2.24, 2.45) is 0 Å². The molecule has 0 spiro atoms. The van der Waals surface area contributed by atoms with Gasteiger partial charge in [-0.05, 0) is 25.8 Å². The number of unbranched alkanes of at least 4 members (excludes halogenated alkanes) is 5. The van der Waals surface area contributed by atoms with Crippen LogP contribution in [0.2, 0.25) is 0 Å². The number of rotatable bonds is 10. The summed E-state index contributed by atoms with van der Waals surface area (Å²) in [7, 11) is 0. The van der Waals surface area contributed by atoms with E-state index in [1.165, 1.54) is 45.1 Å². The number of hydrogen-bond donors (Lipinski definition) is 0. The molecule has 1 aliphatic heterocycles. The van der Waals surface area contributed by atoms with E-state index >= 15 is 0 Å². The van der Waals surface area contributed by atoms with Crippen molar-refractivity contribution < 1.29 is 31.0 Å². The zero-order valence-corrected chi connectivity index (χ0v) is 16.7. The van der Waals surface area contributed by atoms with E-state index < -0.39 is 0 Å². The predicted molar refractivity (Wildman–Crippen MR) is 91.9 cm³/mol. The monoisotopic (exact) mass is 390 g/mol. The van der Waals surface area contributed by atoms with E-state index in [-0.39, 0.29) is 23.1 Å². The largest absolute Gasteiger partial charge is 1.00 e. The van der Waals surface area contributed by atoms with Crippen molar-refractivity contribution in [2.45, 2.75) is 52.4 Å². The summed E-state index contributed by atoms with van der Waals surface area (Å²) in [5, 5.41) is 0. The third kappa shape index (κ3) is 8.20. The van der Waals surface area contributed by atoms with Crippen molar-refractivity contribution in [3.63, 3.8) is 0 Å². The number of piperazine rings is 1. The van der Waals surface area contributed by atoms with Gasteiger partial charge in [0.25, 0.3) is 0 Å². The molecule has 0 aromatic carbocycles. The Balaban J connectivity index is 0.00000484. The summed E-state index contributed by atoms with van der Waals surface area (Å²) in [6.45, 7) is 14.4. The molecule has 1 aliphatic rings. The smallest absolute Gasteiger partial charge is 0.410 e. The third-order valence-corrected chi connectivity index (χ3v) is 4.72. The second-order valence-corrected chi connectivity index (χ2v) is 6.44. The van der Waals surface area contributed by atoms with Crippen LogP contribution >= 0.6 is 0 Å². The Labute approximate surface area is 153 Å². The summed E-state index contributed by atoms with van der Waals surface area (Å²) in [6.07, 6.45) is 9.90. The highest BCUT2D eigenvalue weighted by atomic mass is 79.9. The van der Waals surface area contributed by atoms with E-state index in [4.69, 9.17) is 4.74 Å². The van der Waals surface area contributed by atoms with Crippen LogP contribution < -0.4 is 17.0 Å². The number of carbonyl (C=O) groups excluding carboxylic acids is 1. The Morgan fingerprint density at radius 1 is 1.13 bits per heavy atom. The highest BCUT2D eigenvalue weighted by Crippen LogP contribution is 2.17. The molecule has 1 fully saturated rings. The fourth-order valence-corrected chi connectivity index (χ4v) is 3.29. The second kappa shape index (κ2) is 12.8. The van der Waals surface area contributed by atoms with Crippen molar-refractivity contribution in [1.29, 1.82) is 0 Å². The molecule has 4 nitrogen and oxygen atoms in total. The molecular weight excluding hydrogens is 356 g/mol. The quantitative estimate of drug-likeness (QED) is 0.314. The minimum absolute atomic E-state index is 0. The molecule has 1 amide bonds. The summed E-state index contributed by atoms with van der Waals surface area (Å²) < 4.78 is 6.20. The molecule has 5 heteroatoms. The van der Waals surface area contributed by atoms with Gasteiger partial charge in [0.05, 0.1) is 45.9 Å². The maximum atomic E-state index is 11.8. The first-order chi connectivity index (χ1) is 10.7. The lowest BCUT2D eigenvalue weighted by molar-refractivity contribution is -0.926. The molecular formula is C18H35BrN2O2. The highest BCUT2D eigenvalue weighted by molar-refractivity contribution is 5.67. The van der Waals surface area contributed by atoms with E-state index in [2.05, 4.69) is 13.5 Å². The lowest BCUT2D eigenvalue weighted by atomic mass is 10.1. The molecule has 0 aromatic heterocycles. The lowest BCUT2D eigenvalue weighted by Gasteiger charge is -2.44. The van der Waals surface area contributed by atoms with Gasteiger partial charge >= 0.3 is 6.09 Å². The summed E-state index contributed by atoms with van der Waals surface area (Å²) in [5.41, 5.74) is 0. The first-order valence-corrected chi connectivity index (χ1v) is 9.05. The minimum atomic E-state index is -0.154. The van der Waals surface area contributed by atoms with Crippen LogP contribution in [0.3, 0.4) is 0 Å². The van der Waals surface area contributed by atoms with Crippen molar-refractivity contribution in [3.8, 4) is 0 Å². The molecule has 0 radical (unpaired) electrons. The number of halogens is 1. The summed E-state index contributed by atoms with van der Waals surface area (Å²) >= 11 is 0.